The molecule has 3 rings (SSSR count). The lowest BCUT2D eigenvalue weighted by atomic mass is 10.1. The monoisotopic (exact) mass is 369 g/mol. The number of benzene rings is 2. The Morgan fingerprint density at radius 3 is 2.77 bits per heavy atom. The Hall–Kier alpha value is -2.47. The van der Waals surface area contributed by atoms with Gasteiger partial charge in [-0.1, -0.05) is 24.3 Å². The molecule has 1 heterocycles. The third-order valence-corrected chi connectivity index (χ3v) is 5.63. The minimum absolute atomic E-state index is 0.164. The van der Waals surface area contributed by atoms with Crippen molar-refractivity contribution in [2.24, 2.45) is 0 Å². The van der Waals surface area contributed by atoms with E-state index in [2.05, 4.69) is 16.7 Å². The molecule has 0 fully saturated rings. The molecule has 2 aromatic rings. The number of carbonyl (C=O) groups excluding carboxylic acids is 2. The second-order valence-electron chi connectivity index (χ2n) is 6.34. The fraction of sp³-hybridized carbons (Fsp3) is 0.300. The number of para-hydroxylation sites is 1. The zero-order chi connectivity index (χ0) is 18.5. The van der Waals surface area contributed by atoms with Gasteiger partial charge < -0.3 is 10.2 Å². The molecule has 3 amide bonds. The van der Waals surface area contributed by atoms with Crippen LogP contribution in [0.4, 0.5) is 16.2 Å². The molecule has 0 saturated carbocycles. The SMILES string of the molecule is Cc1cccc(NC(=O)NC(=O)CN2CCCSc3ccccc32)c1C. The fourth-order valence-electron chi connectivity index (χ4n) is 2.94. The Labute approximate surface area is 158 Å². The number of hydrogen-bond donors (Lipinski definition) is 2. The van der Waals surface area contributed by atoms with E-state index in [1.165, 1.54) is 4.90 Å². The number of fused-ring (bicyclic) bond motifs is 1. The lowest BCUT2D eigenvalue weighted by molar-refractivity contribution is -0.118. The van der Waals surface area contributed by atoms with Gasteiger partial charge in [-0.25, -0.2) is 4.79 Å². The van der Waals surface area contributed by atoms with Crippen LogP contribution in [0, 0.1) is 13.8 Å². The highest BCUT2D eigenvalue weighted by Gasteiger charge is 2.19. The summed E-state index contributed by atoms with van der Waals surface area (Å²) in [4.78, 5) is 27.8. The quantitative estimate of drug-likeness (QED) is 0.860. The van der Waals surface area contributed by atoms with Gasteiger partial charge in [0.25, 0.3) is 0 Å². The Morgan fingerprint density at radius 1 is 1.12 bits per heavy atom. The van der Waals surface area contributed by atoms with Gasteiger partial charge in [0.2, 0.25) is 5.91 Å². The van der Waals surface area contributed by atoms with Gasteiger partial charge in [-0.3, -0.25) is 10.1 Å². The smallest absolute Gasteiger partial charge is 0.325 e. The van der Waals surface area contributed by atoms with Gasteiger partial charge in [0.15, 0.2) is 0 Å². The summed E-state index contributed by atoms with van der Waals surface area (Å²) < 4.78 is 0. The molecule has 5 nitrogen and oxygen atoms in total. The van der Waals surface area contributed by atoms with Gasteiger partial charge in [-0.05, 0) is 55.3 Å². The van der Waals surface area contributed by atoms with Gasteiger partial charge >= 0.3 is 6.03 Å². The molecule has 0 saturated heterocycles. The maximum atomic E-state index is 12.4. The summed E-state index contributed by atoms with van der Waals surface area (Å²) in [5.41, 5.74) is 3.85. The Balaban J connectivity index is 1.62. The predicted octanol–water partition coefficient (Wildman–Crippen LogP) is 3.95. The summed E-state index contributed by atoms with van der Waals surface area (Å²) in [6.45, 7) is 4.89. The third kappa shape index (κ3) is 4.38. The molecular formula is C20H23N3O2S. The fourth-order valence-corrected chi connectivity index (χ4v) is 3.96. The minimum atomic E-state index is -0.499. The zero-order valence-corrected chi connectivity index (χ0v) is 15.9. The van der Waals surface area contributed by atoms with E-state index in [0.29, 0.717) is 5.69 Å². The molecule has 0 aliphatic carbocycles. The first-order valence-electron chi connectivity index (χ1n) is 8.68. The van der Waals surface area contributed by atoms with E-state index in [1.807, 2.05) is 55.1 Å². The Kier molecular flexibility index (Phi) is 5.83. The summed E-state index contributed by atoms with van der Waals surface area (Å²) in [6.07, 6.45) is 1.00. The number of aryl methyl sites for hydroxylation is 1. The number of thioether (sulfide) groups is 1. The van der Waals surface area contributed by atoms with Crippen molar-refractivity contribution < 1.29 is 9.59 Å². The van der Waals surface area contributed by atoms with Crippen molar-refractivity contribution in [1.29, 1.82) is 0 Å². The molecule has 1 aliphatic rings. The highest BCUT2D eigenvalue weighted by atomic mass is 32.2. The first-order chi connectivity index (χ1) is 12.5. The van der Waals surface area contributed by atoms with E-state index in [1.54, 1.807) is 11.8 Å². The minimum Gasteiger partial charge on any atom is -0.361 e. The zero-order valence-electron chi connectivity index (χ0n) is 15.0. The highest BCUT2D eigenvalue weighted by molar-refractivity contribution is 7.99. The van der Waals surface area contributed by atoms with Gasteiger partial charge in [0.05, 0.1) is 12.2 Å². The number of nitrogens with one attached hydrogen (secondary N) is 2. The van der Waals surface area contributed by atoms with Crippen LogP contribution in [0.3, 0.4) is 0 Å². The van der Waals surface area contributed by atoms with Crippen molar-refractivity contribution >= 4 is 35.1 Å². The number of anilines is 2. The predicted molar refractivity (Wildman–Crippen MR) is 107 cm³/mol. The van der Waals surface area contributed by atoms with Crippen molar-refractivity contribution in [1.82, 2.24) is 5.32 Å². The van der Waals surface area contributed by atoms with E-state index in [4.69, 9.17) is 0 Å². The summed E-state index contributed by atoms with van der Waals surface area (Å²) in [7, 11) is 0. The van der Waals surface area contributed by atoms with Crippen molar-refractivity contribution in [2.75, 3.05) is 29.1 Å². The van der Waals surface area contributed by atoms with E-state index < -0.39 is 6.03 Å². The highest BCUT2D eigenvalue weighted by Crippen LogP contribution is 2.33. The van der Waals surface area contributed by atoms with Gasteiger partial charge in [-0.2, -0.15) is 0 Å². The summed E-state index contributed by atoms with van der Waals surface area (Å²) >= 11 is 1.81. The van der Waals surface area contributed by atoms with Crippen molar-refractivity contribution in [2.45, 2.75) is 25.2 Å². The molecule has 2 aromatic carbocycles. The summed E-state index contributed by atoms with van der Waals surface area (Å²) in [5, 5.41) is 5.19. The Morgan fingerprint density at radius 2 is 1.92 bits per heavy atom. The number of nitrogens with zero attached hydrogens (tertiary/aromatic N) is 1. The van der Waals surface area contributed by atoms with Crippen LogP contribution in [0.5, 0.6) is 0 Å². The lowest BCUT2D eigenvalue weighted by Crippen LogP contribution is -2.42. The van der Waals surface area contributed by atoms with Crippen molar-refractivity contribution in [3.8, 4) is 0 Å². The van der Waals surface area contributed by atoms with E-state index in [9.17, 15) is 9.59 Å². The number of rotatable bonds is 3. The van der Waals surface area contributed by atoms with Crippen LogP contribution < -0.4 is 15.5 Å². The number of urea groups is 1. The normalized spacial score (nSPS) is 13.5. The molecule has 136 valence electrons. The lowest BCUT2D eigenvalue weighted by Gasteiger charge is -2.23. The molecule has 0 bridgehead atoms. The van der Waals surface area contributed by atoms with Crippen LogP contribution in [0.15, 0.2) is 47.4 Å². The molecule has 2 N–H and O–H groups in total. The molecule has 26 heavy (non-hydrogen) atoms. The van der Waals surface area contributed by atoms with E-state index in [0.717, 1.165) is 35.5 Å². The second-order valence-corrected chi connectivity index (χ2v) is 7.48. The van der Waals surface area contributed by atoms with Gasteiger partial charge in [0.1, 0.15) is 0 Å². The average Bonchev–Trinajstić information content (AvgIpc) is 2.81. The molecular weight excluding hydrogens is 346 g/mol. The van der Waals surface area contributed by atoms with E-state index >= 15 is 0 Å². The van der Waals surface area contributed by atoms with Crippen molar-refractivity contribution in [3.63, 3.8) is 0 Å². The van der Waals surface area contributed by atoms with Crippen LogP contribution in [-0.4, -0.2) is 30.8 Å². The average molecular weight is 369 g/mol. The third-order valence-electron chi connectivity index (χ3n) is 4.48. The van der Waals surface area contributed by atoms with Crippen LogP contribution in [-0.2, 0) is 4.79 Å². The summed E-state index contributed by atoms with van der Waals surface area (Å²) in [5.74, 6) is 0.719. The molecule has 0 aromatic heterocycles. The van der Waals surface area contributed by atoms with Crippen LogP contribution >= 0.6 is 11.8 Å². The molecule has 0 atom stereocenters. The molecule has 0 unspecified atom stereocenters. The summed E-state index contributed by atoms with van der Waals surface area (Å²) in [6, 6.07) is 13.3. The standard InChI is InChI=1S/C20H23N3O2S/c1-14-7-5-8-16(15(14)2)21-20(25)22-19(24)13-23-11-6-12-26-18-10-4-3-9-17(18)23/h3-5,7-10H,6,11-13H2,1-2H3,(H2,21,22,24,25). The van der Waals surface area contributed by atoms with Crippen LogP contribution in [0.2, 0.25) is 0 Å². The van der Waals surface area contributed by atoms with Crippen LogP contribution in [0.1, 0.15) is 17.5 Å². The van der Waals surface area contributed by atoms with Crippen molar-refractivity contribution in [3.05, 3.63) is 53.6 Å². The number of hydrogen-bond acceptors (Lipinski definition) is 4. The maximum absolute atomic E-state index is 12.4. The van der Waals surface area contributed by atoms with Crippen LogP contribution in [0.25, 0.3) is 0 Å². The van der Waals surface area contributed by atoms with Gasteiger partial charge in [0, 0.05) is 17.1 Å². The number of carbonyl (C=O) groups is 2. The topological polar surface area (TPSA) is 61.4 Å². The molecule has 1 aliphatic heterocycles. The Bertz CT molecular complexity index is 822. The first-order valence-corrected chi connectivity index (χ1v) is 9.67. The first kappa shape index (κ1) is 18.3. The molecule has 0 radical (unpaired) electrons. The largest absolute Gasteiger partial charge is 0.361 e. The number of amides is 3. The molecule has 0 spiro atoms. The number of imide groups is 1. The maximum Gasteiger partial charge on any atom is 0.325 e. The van der Waals surface area contributed by atoms with Gasteiger partial charge in [-0.15, -0.1) is 11.8 Å². The molecule has 6 heteroatoms. The second kappa shape index (κ2) is 8.27. The van der Waals surface area contributed by atoms with E-state index in [-0.39, 0.29) is 12.5 Å².